The van der Waals surface area contributed by atoms with E-state index in [0.717, 1.165) is 4.57 Å². The fourth-order valence-corrected chi connectivity index (χ4v) is 2.33. The van der Waals surface area contributed by atoms with Crippen molar-refractivity contribution in [2.45, 2.75) is 31.8 Å². The van der Waals surface area contributed by atoms with Crippen LogP contribution in [0.15, 0.2) is 15.8 Å². The molecule has 2 rings (SSSR count). The molecule has 2 heterocycles. The van der Waals surface area contributed by atoms with Crippen molar-refractivity contribution >= 4 is 7.82 Å². The Morgan fingerprint density at radius 2 is 2.09 bits per heavy atom. The van der Waals surface area contributed by atoms with Crippen LogP contribution >= 0.6 is 7.82 Å². The van der Waals surface area contributed by atoms with Gasteiger partial charge in [-0.25, -0.2) is 4.79 Å². The Kier molecular flexibility index (Phi) is 8.80. The molecule has 0 spiro atoms. The van der Waals surface area contributed by atoms with E-state index in [1.807, 2.05) is 0 Å². The second kappa shape index (κ2) is 8.84. The van der Waals surface area contributed by atoms with Gasteiger partial charge in [-0.3, -0.25) is 14.3 Å². The van der Waals surface area contributed by atoms with Crippen LogP contribution in [-0.2, 0) is 13.8 Å². The smallest absolute Gasteiger partial charge is 0.790 e. The Balaban J connectivity index is 0.00000242. The van der Waals surface area contributed by atoms with Crippen LogP contribution in [0.25, 0.3) is 0 Å². The number of nitrogens with zero attached hydrogens (tertiary/aromatic N) is 1. The summed E-state index contributed by atoms with van der Waals surface area (Å²) >= 11 is 0. The van der Waals surface area contributed by atoms with Gasteiger partial charge in [-0.2, -0.15) is 0 Å². The van der Waals surface area contributed by atoms with E-state index in [9.17, 15) is 29.0 Å². The molecule has 0 aromatic carbocycles. The minimum absolute atomic E-state index is 0. The van der Waals surface area contributed by atoms with Gasteiger partial charge in [-0.1, -0.05) is 0 Å². The van der Waals surface area contributed by atoms with Crippen molar-refractivity contribution in [3.8, 4) is 0 Å². The maximum absolute atomic E-state index is 11.7. The van der Waals surface area contributed by atoms with Crippen molar-refractivity contribution in [2.75, 3.05) is 6.61 Å². The maximum atomic E-state index is 11.7. The van der Waals surface area contributed by atoms with Gasteiger partial charge in [0.05, 0.1) is 20.5 Å². The van der Waals surface area contributed by atoms with E-state index >= 15 is 0 Å². The number of aromatic amines is 1. The molecule has 1 saturated heterocycles. The molecule has 1 aromatic heterocycles. The van der Waals surface area contributed by atoms with Crippen LogP contribution in [0.4, 0.5) is 0 Å². The molecule has 0 radical (unpaired) electrons. The second-order valence-electron chi connectivity index (χ2n) is 4.65. The molecule has 1 aliphatic rings. The number of nitrogens with one attached hydrogen (secondary N) is 1. The van der Waals surface area contributed by atoms with Crippen LogP contribution < -0.4 is 58.8 Å². The molecule has 0 aliphatic carbocycles. The number of phosphoric ester groups is 1. The van der Waals surface area contributed by atoms with Gasteiger partial charge in [-0.15, -0.1) is 0 Å². The first-order chi connectivity index (χ1) is 9.67. The number of hydrogen-bond donors (Lipinski definition) is 2. The van der Waals surface area contributed by atoms with Crippen LogP contribution in [-0.4, -0.2) is 33.5 Å². The van der Waals surface area contributed by atoms with Gasteiger partial charge >= 0.3 is 43.4 Å². The Bertz CT molecular complexity index is 686. The summed E-state index contributed by atoms with van der Waals surface area (Å²) in [6.45, 7) is 0.852. The quantitative estimate of drug-likeness (QED) is 0.405. The summed E-state index contributed by atoms with van der Waals surface area (Å²) in [6, 6.07) is 0. The summed E-state index contributed by atoms with van der Waals surface area (Å²) < 4.78 is 20.8. The van der Waals surface area contributed by atoms with Crippen LogP contribution in [0.1, 0.15) is 18.2 Å². The molecule has 1 fully saturated rings. The summed E-state index contributed by atoms with van der Waals surface area (Å²) in [6.07, 6.45) is -1.81. The normalized spacial score (nSPS) is 23.9. The van der Waals surface area contributed by atoms with Crippen molar-refractivity contribution in [1.82, 2.24) is 9.55 Å². The number of rotatable bonds is 4. The predicted octanol–water partition coefficient (Wildman–Crippen LogP) is -8.65. The molecule has 118 valence electrons. The number of ether oxygens (including phenoxy) is 1. The van der Waals surface area contributed by atoms with E-state index in [2.05, 4.69) is 9.51 Å². The molecular weight excluding hydrogens is 323 g/mol. The molecule has 0 bridgehead atoms. The number of aliphatic hydroxyl groups is 1. The van der Waals surface area contributed by atoms with Crippen LogP contribution in [0.3, 0.4) is 0 Å². The summed E-state index contributed by atoms with van der Waals surface area (Å²) in [5.74, 6) is 0. The van der Waals surface area contributed by atoms with Crippen molar-refractivity contribution < 1.29 is 66.4 Å². The van der Waals surface area contributed by atoms with E-state index in [-0.39, 0.29) is 49.7 Å². The average Bonchev–Trinajstić information content (AvgIpc) is 2.72. The fraction of sp³-hybridized carbons (Fsp3) is 0.600. The Hall–Kier alpha value is -0.0952. The van der Waals surface area contributed by atoms with Crippen LogP contribution in [0.5, 0.6) is 0 Å². The molecule has 0 saturated carbocycles. The third-order valence-electron chi connectivity index (χ3n) is 3.06. The van der Waals surface area contributed by atoms with Gasteiger partial charge in [0.2, 0.25) is 0 Å². The minimum atomic E-state index is -5.17. The summed E-state index contributed by atoms with van der Waals surface area (Å²) in [4.78, 5) is 45.8. The summed E-state index contributed by atoms with van der Waals surface area (Å²) in [5, 5.41) is 9.75. The van der Waals surface area contributed by atoms with Crippen LogP contribution in [0, 0.1) is 6.92 Å². The summed E-state index contributed by atoms with van der Waals surface area (Å²) in [5.41, 5.74) is -0.980. The van der Waals surface area contributed by atoms with E-state index < -0.39 is 44.1 Å². The number of aryl methyl sites for hydroxylation is 1. The first-order valence-corrected chi connectivity index (χ1v) is 7.45. The summed E-state index contributed by atoms with van der Waals surface area (Å²) in [7, 11) is -5.17. The Morgan fingerprint density at radius 1 is 1.48 bits per heavy atom. The number of aromatic nitrogens is 2. The zero-order valence-electron chi connectivity index (χ0n) is 12.9. The average molecular weight is 336 g/mol. The first-order valence-electron chi connectivity index (χ1n) is 5.99. The Morgan fingerprint density at radius 3 is 2.65 bits per heavy atom. The molecule has 1 aromatic rings. The number of H-pyrrole nitrogens is 1. The monoisotopic (exact) mass is 336 g/mol. The van der Waals surface area contributed by atoms with Crippen molar-refractivity contribution in [3.63, 3.8) is 0 Å². The van der Waals surface area contributed by atoms with E-state index in [1.165, 1.54) is 13.1 Å². The van der Waals surface area contributed by atoms with Gasteiger partial charge in [0.25, 0.3) is 5.56 Å². The maximum Gasteiger partial charge on any atom is 1.00 e. The number of phosphoric acid groups is 1. The minimum Gasteiger partial charge on any atom is -0.790 e. The molecule has 0 unspecified atom stereocenters. The van der Waals surface area contributed by atoms with Gasteiger partial charge in [-0.05, 0) is 6.92 Å². The molecule has 2 N–H and O–H groups in total. The fourth-order valence-electron chi connectivity index (χ4n) is 2.00. The van der Waals surface area contributed by atoms with Crippen molar-refractivity contribution in [2.24, 2.45) is 0 Å². The third-order valence-corrected chi connectivity index (χ3v) is 3.52. The molecule has 10 nitrogen and oxygen atoms in total. The second-order valence-corrected chi connectivity index (χ2v) is 5.81. The molecule has 23 heavy (non-hydrogen) atoms. The topological polar surface area (TPSA) is 157 Å². The molecule has 3 atom stereocenters. The van der Waals surface area contributed by atoms with E-state index in [1.54, 1.807) is 0 Å². The molecule has 0 amide bonds. The van der Waals surface area contributed by atoms with Gasteiger partial charge in [0.15, 0.2) is 0 Å². The van der Waals surface area contributed by atoms with Crippen molar-refractivity contribution in [3.05, 3.63) is 32.6 Å². The molecular formula is C10H13Li2N2O8P. The van der Waals surface area contributed by atoms with Gasteiger partial charge in [0, 0.05) is 18.2 Å². The number of hydrogen-bond acceptors (Lipinski definition) is 8. The van der Waals surface area contributed by atoms with E-state index in [4.69, 9.17) is 4.74 Å². The standard InChI is InChI=1S/C10H15N2O8P.2Li/c1-5-3-12(10(15)11-9(5)14)8-2-6(13)7(20-8)4-19-21(16,17)18;;/h3,6-8,13H,2,4H2,1H3,(H,11,14,15)(H2,16,17,18);;/q;2*+1/p-2/t6-,7-,8-;;/m1../s1/i11+1,12+1;;. The first kappa shape index (κ1) is 22.9. The van der Waals surface area contributed by atoms with Crippen LogP contribution in [0.2, 0.25) is 0 Å². The zero-order valence-corrected chi connectivity index (χ0v) is 13.8. The third kappa shape index (κ3) is 6.04. The SMILES string of the molecule is Cc1c[15n]([C@H]2C[C@@H](O)[C@@H](COP(=O)([O-])[O-])O2)c(=O)[15nH]c1=O.[Li+].[Li+]. The number of aliphatic hydroxyl groups excluding tert-OH is 1. The Labute approximate surface area is 154 Å². The molecule has 1 aliphatic heterocycles. The predicted molar refractivity (Wildman–Crippen MR) is 64.2 cm³/mol. The zero-order chi connectivity index (χ0) is 15.8. The molecule has 13 heteroatoms. The van der Waals surface area contributed by atoms with Gasteiger partial charge < -0.3 is 28.7 Å². The van der Waals surface area contributed by atoms with Crippen molar-refractivity contribution in [1.29, 1.82) is 0 Å². The van der Waals surface area contributed by atoms with Gasteiger partial charge in [0.1, 0.15) is 12.3 Å². The van der Waals surface area contributed by atoms with E-state index in [0.29, 0.717) is 0 Å². The largest absolute Gasteiger partial charge is 1.00 e.